The number of fused-ring (bicyclic) bond motifs is 4. The van der Waals surface area contributed by atoms with Crippen molar-refractivity contribution in [2.75, 3.05) is 7.11 Å². The predicted octanol–water partition coefficient (Wildman–Crippen LogP) is 5.37. The average molecular weight is 1260 g/mol. The quantitative estimate of drug-likeness (QED) is 0.0257. The highest BCUT2D eigenvalue weighted by molar-refractivity contribution is 6.26. The number of hydrogen-bond donors (Lipinski definition) is 6. The molecule has 25 heteroatoms. The number of aliphatic hydroxyl groups is 5. The molecule has 1 spiro atoms. The number of Topliss-reactive ketones (excluding diaryl/α,β-unsaturated/α-hetero) is 1. The lowest BCUT2D eigenvalue weighted by atomic mass is 9.49. The van der Waals surface area contributed by atoms with Crippen LogP contribution in [0.1, 0.15) is 128 Å². The maximum Gasteiger partial charge on any atom is 0.407 e. The first kappa shape index (κ1) is 68.1. The second kappa shape index (κ2) is 26.7. The molecule has 25 nitrogen and oxygen atoms in total. The van der Waals surface area contributed by atoms with Crippen molar-refractivity contribution in [1.29, 1.82) is 0 Å². The van der Waals surface area contributed by atoms with E-state index in [0.29, 0.717) is 23.1 Å². The molecule has 494 valence electrons. The van der Waals surface area contributed by atoms with Gasteiger partial charge in [0.25, 0.3) is 0 Å². The lowest BCUT2D eigenvalue weighted by molar-refractivity contribution is -0.584. The van der Waals surface area contributed by atoms with E-state index in [0.717, 1.165) is 7.11 Å². The van der Waals surface area contributed by atoms with Gasteiger partial charge in [0.05, 0.1) is 74.4 Å². The van der Waals surface area contributed by atoms with E-state index in [-0.39, 0.29) is 56.1 Å². The number of esters is 2. The zero-order valence-corrected chi connectivity index (χ0v) is 52.9. The molecular weight excluding hydrogens is 1160 g/mol. The van der Waals surface area contributed by atoms with Gasteiger partial charge in [-0.2, -0.15) is 0 Å². The van der Waals surface area contributed by atoms with Gasteiger partial charge in [-0.15, -0.1) is 0 Å². The summed E-state index contributed by atoms with van der Waals surface area (Å²) in [4.78, 5) is 80.4. The summed E-state index contributed by atoms with van der Waals surface area (Å²) in [6.07, 6.45) is -5.71. The Hall–Kier alpha value is -5.29. The molecule has 1 amide bonds. The minimum atomic E-state index is -2.15. The fraction of sp³-hybridized carbons (Fsp3) is 0.734. The standard InChI is InChI=1S/C64H90N2O23/c1-28-14-19-45(85-50-27-62(11,66(77)78)57(36(9)83-50)65-61(76)79-13)29(2)21-41-42(69)22-38(16-15-32(5)67)26-64(41)59(74)51(60(75)89-64)58(73)63(12)40(28)18-17-39-52(63)30(3)20-31(4)54(39)87-49-25-46(56(35(8)82-49)84-37(10)68)86-47-24-44(71)55(34(7)81-47)88-48-23-43(70)53(72)33(6)80-48/h14-18,21-22,30-31,33-36,39-50,52-57,69-73H,19-20,23-27H2,1-13H3,(H,65,76)/b16-15+,28-14?,29-21?,58-51?/t30-,31-,33-,34-,35-,36+,39-,40-,41+,42-,43+,44+,45-,46+,47-,48+,49-,50-,52+,53-,54-,55-,56-,57-,62-,63+,64-/m0/s1. The minimum Gasteiger partial charge on any atom is -0.511 e. The number of nitrogens with one attached hydrogen (secondary N) is 1. The second-order valence-corrected chi connectivity index (χ2v) is 26.7. The molecule has 5 aliphatic heterocycles. The SMILES string of the molecule is COC(=O)N[C@H]1[C@@H](C)O[C@@H](O[C@H]2CC=C(C)[C@@H]3C=C[C@@H]4[C@@H](O[C@H]5C[C@@H](O[C@H]6C[C@@H](O)[C@@H](O[C@@H]7C[C@@H](O)[C@@H](O)[C@H](C)O7)[C@H](C)O6)[C@@H](OC(C)=O)[C@H](C)O5)[C@@H](C)C[C@H](C)[C@H]4[C@]3(C)C(O)=C3C(=O)O[C@]4(CC(/C=C/C(C)=O)=C[C@H](O)[C@H]4C=C2C)C3=O)C[C@]1(C)[N+](=O)[O-]. The number of nitro groups is 1. The Morgan fingerprint density at radius 3 is 2.03 bits per heavy atom. The normalized spacial score (nSPS) is 45.2. The number of ketones is 2. The van der Waals surface area contributed by atoms with Crippen molar-refractivity contribution in [3.8, 4) is 0 Å². The van der Waals surface area contributed by atoms with E-state index in [1.807, 2.05) is 39.0 Å². The van der Waals surface area contributed by atoms with Crippen LogP contribution in [0.3, 0.4) is 0 Å². The molecule has 0 unspecified atom stereocenters. The van der Waals surface area contributed by atoms with Crippen LogP contribution in [0, 0.1) is 51.0 Å². The molecule has 5 saturated heterocycles. The van der Waals surface area contributed by atoms with Crippen molar-refractivity contribution in [1.82, 2.24) is 5.32 Å². The number of amides is 1. The Balaban J connectivity index is 1.05. The maximum atomic E-state index is 15.8. The number of alkyl carbamates (subject to hydrolysis) is 1. The van der Waals surface area contributed by atoms with Gasteiger partial charge in [-0.05, 0) is 96.3 Å². The van der Waals surface area contributed by atoms with Crippen LogP contribution in [-0.4, -0.2) is 189 Å². The van der Waals surface area contributed by atoms with Gasteiger partial charge in [0.2, 0.25) is 11.3 Å². The van der Waals surface area contributed by atoms with E-state index >= 15 is 4.79 Å². The van der Waals surface area contributed by atoms with Crippen molar-refractivity contribution < 1.29 is 107 Å². The van der Waals surface area contributed by atoms with Crippen molar-refractivity contribution in [3.63, 3.8) is 0 Å². The highest BCUT2D eigenvalue weighted by Crippen LogP contribution is 2.61. The van der Waals surface area contributed by atoms with Gasteiger partial charge in [0.1, 0.15) is 35.7 Å². The summed E-state index contributed by atoms with van der Waals surface area (Å²) in [5, 5.41) is 73.1. The van der Waals surface area contributed by atoms with Gasteiger partial charge < -0.3 is 83.0 Å². The van der Waals surface area contributed by atoms with E-state index in [1.54, 1.807) is 40.7 Å². The number of carbonyl (C=O) groups is 5. The van der Waals surface area contributed by atoms with Gasteiger partial charge in [-0.1, -0.05) is 62.8 Å². The smallest absolute Gasteiger partial charge is 0.407 e. The molecule has 89 heavy (non-hydrogen) atoms. The van der Waals surface area contributed by atoms with E-state index < -0.39 is 191 Å². The third-order valence-electron chi connectivity index (χ3n) is 20.3. The third kappa shape index (κ3) is 13.4. The third-order valence-corrected chi connectivity index (χ3v) is 20.3. The summed E-state index contributed by atoms with van der Waals surface area (Å²) in [5.41, 5.74) is -4.55. The van der Waals surface area contributed by atoms with Crippen molar-refractivity contribution in [2.24, 2.45) is 40.9 Å². The number of methoxy groups -OCH3 is 1. The zero-order valence-electron chi connectivity index (χ0n) is 52.9. The molecular formula is C64H90N2O23. The van der Waals surface area contributed by atoms with Gasteiger partial charge in [-0.25, -0.2) is 9.59 Å². The Morgan fingerprint density at radius 1 is 0.764 bits per heavy atom. The Morgan fingerprint density at radius 2 is 1.39 bits per heavy atom. The number of hydrogen-bond acceptors (Lipinski definition) is 23. The molecule has 0 aromatic rings. The highest BCUT2D eigenvalue weighted by Gasteiger charge is 2.65. The number of allylic oxidation sites excluding steroid dienone is 5. The number of rotatable bonds is 13. The van der Waals surface area contributed by atoms with E-state index in [2.05, 4.69) is 12.2 Å². The first-order valence-corrected chi connectivity index (χ1v) is 31.1. The highest BCUT2D eigenvalue weighted by atomic mass is 16.7. The molecule has 1 saturated carbocycles. The average Bonchev–Trinajstić information content (AvgIpc) is 1.69. The number of nitrogens with zero attached hydrogens (tertiary/aromatic N) is 1. The predicted molar refractivity (Wildman–Crippen MR) is 312 cm³/mol. The maximum absolute atomic E-state index is 15.8. The number of aliphatic hydroxyl groups excluding tert-OH is 5. The summed E-state index contributed by atoms with van der Waals surface area (Å²) < 4.78 is 68.4. The first-order chi connectivity index (χ1) is 41.8. The Kier molecular flexibility index (Phi) is 20.5. The molecule has 9 aliphatic rings. The van der Waals surface area contributed by atoms with Crippen LogP contribution in [0.25, 0.3) is 0 Å². The van der Waals surface area contributed by atoms with Crippen LogP contribution in [0.4, 0.5) is 4.79 Å². The van der Waals surface area contributed by atoms with Crippen LogP contribution in [0.2, 0.25) is 0 Å². The van der Waals surface area contributed by atoms with Gasteiger partial charge in [0.15, 0.2) is 42.6 Å². The number of ether oxygens (including phenoxy) is 11. The monoisotopic (exact) mass is 1250 g/mol. The topological polar surface area (TPSA) is 343 Å². The van der Waals surface area contributed by atoms with Crippen LogP contribution in [-0.2, 0) is 71.3 Å². The molecule has 0 aromatic carbocycles. The Bertz CT molecular complexity index is 2880. The largest absolute Gasteiger partial charge is 0.511 e. The van der Waals surface area contributed by atoms with Crippen LogP contribution in [0.15, 0.2) is 70.6 Å². The van der Waals surface area contributed by atoms with E-state index in [9.17, 15) is 54.8 Å². The first-order valence-electron chi connectivity index (χ1n) is 31.1. The lowest BCUT2D eigenvalue weighted by Gasteiger charge is -2.56. The molecule has 27 atom stereocenters. The van der Waals surface area contributed by atoms with E-state index in [1.165, 1.54) is 39.0 Å². The molecule has 5 heterocycles. The molecule has 9 rings (SSSR count). The molecule has 2 bridgehead atoms. The number of carbonyl (C=O) groups excluding carboxylic acids is 5. The van der Waals surface area contributed by atoms with Crippen LogP contribution >= 0.6 is 0 Å². The van der Waals surface area contributed by atoms with Crippen molar-refractivity contribution in [3.05, 3.63) is 80.7 Å². The van der Waals surface area contributed by atoms with E-state index in [4.69, 9.17) is 52.1 Å². The van der Waals surface area contributed by atoms with Gasteiger partial charge >= 0.3 is 18.0 Å². The summed E-state index contributed by atoms with van der Waals surface area (Å²) in [5.74, 6) is -6.85. The summed E-state index contributed by atoms with van der Waals surface area (Å²) in [6, 6.07) is -1.13. The Labute approximate surface area is 518 Å². The molecule has 0 aromatic heterocycles. The molecule has 6 fully saturated rings. The van der Waals surface area contributed by atoms with Gasteiger partial charge in [0, 0.05) is 61.7 Å². The second-order valence-electron chi connectivity index (χ2n) is 26.7. The summed E-state index contributed by atoms with van der Waals surface area (Å²) in [7, 11) is 1.14. The fourth-order valence-electron chi connectivity index (χ4n) is 15.8. The van der Waals surface area contributed by atoms with Crippen LogP contribution < -0.4 is 5.32 Å². The summed E-state index contributed by atoms with van der Waals surface area (Å²) in [6.45, 7) is 20.1. The summed E-state index contributed by atoms with van der Waals surface area (Å²) >= 11 is 0. The fourth-order valence-corrected chi connectivity index (χ4v) is 15.8. The lowest BCUT2D eigenvalue weighted by Crippen LogP contribution is -2.65. The molecule has 6 N–H and O–H groups in total. The van der Waals surface area contributed by atoms with Crippen molar-refractivity contribution >= 4 is 29.6 Å². The molecule has 4 aliphatic carbocycles. The van der Waals surface area contributed by atoms with Gasteiger partial charge in [-0.3, -0.25) is 24.5 Å². The zero-order chi connectivity index (χ0) is 65.1. The molecule has 0 radical (unpaired) electrons. The van der Waals surface area contributed by atoms with Crippen molar-refractivity contribution in [2.45, 2.75) is 250 Å². The minimum absolute atomic E-state index is 0.0219. The van der Waals surface area contributed by atoms with Crippen LogP contribution in [0.5, 0.6) is 0 Å².